The molecule has 0 unspecified atom stereocenters. The summed E-state index contributed by atoms with van der Waals surface area (Å²) in [5.41, 5.74) is 8.63. The number of hydrogen-bond acceptors (Lipinski definition) is 6. The summed E-state index contributed by atoms with van der Waals surface area (Å²) in [6.07, 6.45) is 6.75. The van der Waals surface area contributed by atoms with Crippen molar-refractivity contribution in [1.29, 1.82) is 0 Å². The van der Waals surface area contributed by atoms with E-state index in [0.29, 0.717) is 34.9 Å². The van der Waals surface area contributed by atoms with Crippen LogP contribution in [0.4, 0.5) is 11.5 Å². The summed E-state index contributed by atoms with van der Waals surface area (Å²) in [5.74, 6) is -0.691. The molecule has 34 heavy (non-hydrogen) atoms. The molecule has 10 heteroatoms. The van der Waals surface area contributed by atoms with Crippen molar-refractivity contribution in [3.8, 4) is 0 Å². The highest BCUT2D eigenvalue weighted by atomic mass is 16.2. The van der Waals surface area contributed by atoms with Gasteiger partial charge in [-0.3, -0.25) is 19.4 Å². The van der Waals surface area contributed by atoms with Gasteiger partial charge in [-0.2, -0.15) is 10.2 Å². The topological polar surface area (TPSA) is 135 Å². The number of rotatable bonds is 3. The molecule has 10 nitrogen and oxygen atoms in total. The van der Waals surface area contributed by atoms with E-state index < -0.39 is 11.8 Å². The largest absolute Gasteiger partial charge is 0.383 e. The Kier molecular flexibility index (Phi) is 5.43. The first kappa shape index (κ1) is 21.9. The minimum atomic E-state index is -0.716. The first-order chi connectivity index (χ1) is 16.3. The molecule has 0 radical (unpaired) electrons. The molecule has 5 rings (SSSR count). The second kappa shape index (κ2) is 8.44. The predicted molar refractivity (Wildman–Crippen MR) is 130 cm³/mol. The minimum Gasteiger partial charge on any atom is -0.383 e. The molecule has 4 N–H and O–H groups in total. The zero-order valence-corrected chi connectivity index (χ0v) is 19.4. The molecule has 1 aliphatic rings. The molecule has 4 aromatic rings. The third kappa shape index (κ3) is 3.85. The van der Waals surface area contributed by atoms with E-state index in [2.05, 4.69) is 46.4 Å². The first-order valence-electron chi connectivity index (χ1n) is 11.5. The van der Waals surface area contributed by atoms with Gasteiger partial charge in [-0.05, 0) is 44.2 Å². The van der Waals surface area contributed by atoms with Crippen molar-refractivity contribution in [2.75, 3.05) is 17.6 Å². The average molecular weight is 461 g/mol. The molecule has 4 heterocycles. The number of carbonyl (C=O) groups excluding carboxylic acids is 2. The monoisotopic (exact) mass is 460 g/mol. The van der Waals surface area contributed by atoms with Gasteiger partial charge in [0.25, 0.3) is 0 Å². The van der Waals surface area contributed by atoms with Crippen LogP contribution in [-0.4, -0.2) is 48.2 Å². The van der Waals surface area contributed by atoms with Gasteiger partial charge in [0.05, 0.1) is 40.5 Å². The van der Waals surface area contributed by atoms with Crippen LogP contribution in [0.15, 0.2) is 36.8 Å². The summed E-state index contributed by atoms with van der Waals surface area (Å²) >= 11 is 0. The number of nitrogens with one attached hydrogen (secondary N) is 2. The number of pyridine rings is 1. The van der Waals surface area contributed by atoms with Crippen LogP contribution in [0, 0.1) is 5.92 Å². The molecule has 1 saturated heterocycles. The Morgan fingerprint density at radius 2 is 2.06 bits per heavy atom. The highest BCUT2D eigenvalue weighted by Gasteiger charge is 2.34. The summed E-state index contributed by atoms with van der Waals surface area (Å²) in [7, 11) is 0. The van der Waals surface area contributed by atoms with Crippen LogP contribution in [0.1, 0.15) is 51.3 Å². The summed E-state index contributed by atoms with van der Waals surface area (Å²) in [6, 6.07) is 6.17. The molecule has 176 valence electrons. The lowest BCUT2D eigenvalue weighted by molar-refractivity contribution is -0.146. The molecule has 2 atom stereocenters. The number of nitrogens with two attached hydrogens (primary N) is 1. The second-order valence-electron chi connectivity index (χ2n) is 9.35. The Bertz CT molecular complexity index is 1390. The Morgan fingerprint density at radius 3 is 2.85 bits per heavy atom. The highest BCUT2D eigenvalue weighted by Crippen LogP contribution is 2.35. The van der Waals surface area contributed by atoms with Crippen molar-refractivity contribution in [3.05, 3.63) is 42.4 Å². The predicted octanol–water partition coefficient (Wildman–Crippen LogP) is 3.41. The van der Waals surface area contributed by atoms with Crippen molar-refractivity contribution in [3.63, 3.8) is 0 Å². The lowest BCUT2D eigenvalue weighted by Gasteiger charge is -2.38. The van der Waals surface area contributed by atoms with Gasteiger partial charge in [-0.15, -0.1) is 0 Å². The fraction of sp³-hybridized carbons (Fsp3) is 0.375. The number of aromatic amines is 1. The molecule has 0 bridgehead atoms. The van der Waals surface area contributed by atoms with E-state index in [0.717, 1.165) is 29.3 Å². The molecule has 2 amide bonds. The van der Waals surface area contributed by atoms with E-state index in [1.807, 2.05) is 29.1 Å². The summed E-state index contributed by atoms with van der Waals surface area (Å²) in [5, 5.41) is 15.8. The van der Waals surface area contributed by atoms with E-state index in [1.54, 1.807) is 4.90 Å². The van der Waals surface area contributed by atoms with Crippen LogP contribution in [0.5, 0.6) is 0 Å². The quantitative estimate of drug-likeness (QED) is 0.401. The number of aromatic nitrogens is 5. The lowest BCUT2D eigenvalue weighted by atomic mass is 9.89. The van der Waals surface area contributed by atoms with E-state index in [-0.39, 0.29) is 12.1 Å². The number of hydrogen-bond donors (Lipinski definition) is 3. The number of anilines is 2. The molecular formula is C24H28N8O2. The van der Waals surface area contributed by atoms with Crippen molar-refractivity contribution < 1.29 is 9.59 Å². The average Bonchev–Trinajstić information content (AvgIpc) is 3.48. The van der Waals surface area contributed by atoms with Crippen molar-refractivity contribution >= 4 is 45.1 Å². The first-order valence-corrected chi connectivity index (χ1v) is 11.5. The smallest absolute Gasteiger partial charge is 0.314 e. The van der Waals surface area contributed by atoms with Gasteiger partial charge < -0.3 is 16.0 Å². The van der Waals surface area contributed by atoms with Crippen LogP contribution in [0.25, 0.3) is 21.8 Å². The van der Waals surface area contributed by atoms with Gasteiger partial charge >= 0.3 is 11.8 Å². The van der Waals surface area contributed by atoms with Crippen LogP contribution >= 0.6 is 0 Å². The van der Waals surface area contributed by atoms with E-state index in [1.165, 1.54) is 12.4 Å². The Hall–Kier alpha value is -3.95. The van der Waals surface area contributed by atoms with Gasteiger partial charge in [0.1, 0.15) is 5.82 Å². The zero-order chi connectivity index (χ0) is 24.0. The molecule has 0 spiro atoms. The number of amides is 2. The standard InChI is InChI=1S/C24H28N8O2/c1-13(2)32-12-16-6-5-15(8-18(16)30-32)20-7-4-14(3)11-31(20)24(34)23(33)28-19-10-26-22(25)17-9-27-29-21(17)19/h5-6,8-10,12-14,20H,4,7,11H2,1-3H3,(H2,25,26)(H,27,29)(H,28,33)/t14-,20+/m1/s1. The maximum Gasteiger partial charge on any atom is 0.314 e. The fourth-order valence-corrected chi connectivity index (χ4v) is 4.60. The molecule has 3 aromatic heterocycles. The molecule has 0 saturated carbocycles. The van der Waals surface area contributed by atoms with Crippen molar-refractivity contribution in [2.45, 2.75) is 45.7 Å². The second-order valence-corrected chi connectivity index (χ2v) is 9.35. The SMILES string of the molecule is CC(C)n1cc2ccc([C@@H]3CC[C@@H](C)CN3C(=O)C(=O)Nc3cnc(N)c4cn[nH]c34)cc2n1. The Morgan fingerprint density at radius 1 is 1.24 bits per heavy atom. The number of benzene rings is 1. The van der Waals surface area contributed by atoms with Crippen LogP contribution in [0.3, 0.4) is 0 Å². The van der Waals surface area contributed by atoms with Crippen molar-refractivity contribution in [1.82, 2.24) is 29.9 Å². The number of piperidine rings is 1. The van der Waals surface area contributed by atoms with E-state index >= 15 is 0 Å². The van der Waals surface area contributed by atoms with E-state index in [9.17, 15) is 9.59 Å². The number of nitrogen functional groups attached to an aromatic ring is 1. The molecule has 1 aromatic carbocycles. The number of likely N-dealkylation sites (tertiary alicyclic amines) is 1. The third-order valence-corrected chi connectivity index (χ3v) is 6.50. The van der Waals surface area contributed by atoms with Gasteiger partial charge in [-0.1, -0.05) is 19.1 Å². The minimum absolute atomic E-state index is 0.195. The number of fused-ring (bicyclic) bond motifs is 2. The molecule has 1 aliphatic heterocycles. The third-order valence-electron chi connectivity index (χ3n) is 6.50. The normalized spacial score (nSPS) is 18.6. The Labute approximate surface area is 196 Å². The Balaban J connectivity index is 1.42. The molecular weight excluding hydrogens is 432 g/mol. The summed E-state index contributed by atoms with van der Waals surface area (Å²) < 4.78 is 1.94. The highest BCUT2D eigenvalue weighted by molar-refractivity contribution is 6.40. The zero-order valence-electron chi connectivity index (χ0n) is 19.4. The fourth-order valence-electron chi connectivity index (χ4n) is 4.60. The van der Waals surface area contributed by atoms with Crippen molar-refractivity contribution in [2.24, 2.45) is 5.92 Å². The van der Waals surface area contributed by atoms with Crippen LogP contribution in [-0.2, 0) is 9.59 Å². The number of carbonyl (C=O) groups is 2. The lowest BCUT2D eigenvalue weighted by Crippen LogP contribution is -2.46. The van der Waals surface area contributed by atoms with E-state index in [4.69, 9.17) is 5.73 Å². The molecule has 0 aliphatic carbocycles. The van der Waals surface area contributed by atoms with Gasteiger partial charge in [-0.25, -0.2) is 4.98 Å². The van der Waals surface area contributed by atoms with Gasteiger partial charge in [0.2, 0.25) is 0 Å². The summed E-state index contributed by atoms with van der Waals surface area (Å²) in [6.45, 7) is 6.78. The summed E-state index contributed by atoms with van der Waals surface area (Å²) in [4.78, 5) is 32.1. The maximum atomic E-state index is 13.4. The molecule has 1 fully saturated rings. The van der Waals surface area contributed by atoms with Crippen LogP contribution < -0.4 is 11.1 Å². The maximum absolute atomic E-state index is 13.4. The van der Waals surface area contributed by atoms with Crippen LogP contribution in [0.2, 0.25) is 0 Å². The number of H-pyrrole nitrogens is 1. The number of nitrogens with zero attached hydrogens (tertiary/aromatic N) is 5. The van der Waals surface area contributed by atoms with Gasteiger partial charge in [0.15, 0.2) is 0 Å². The van der Waals surface area contributed by atoms with Gasteiger partial charge in [0, 0.05) is 24.2 Å².